The quantitative estimate of drug-likeness (QED) is 0.559. The highest BCUT2D eigenvalue weighted by molar-refractivity contribution is 5.69. The number of pyridine rings is 2. The Morgan fingerprint density at radius 3 is 2.74 bits per heavy atom. The molecule has 1 unspecified atom stereocenters. The number of hydrogen-bond acceptors (Lipinski definition) is 7. The number of ether oxygens (including phenoxy) is 3. The summed E-state index contributed by atoms with van der Waals surface area (Å²) in [5.74, 6) is -0.959. The van der Waals surface area contributed by atoms with Gasteiger partial charge in [0.25, 0.3) is 5.95 Å². The lowest BCUT2D eigenvalue weighted by Crippen LogP contribution is -2.56. The Hall–Kier alpha value is -3.14. The second-order valence-corrected chi connectivity index (χ2v) is 9.75. The SMILES string of the molecule is CC(C)(C)COc1cc2c(c(F)n1)Oc1ccc(-c3cccnc3F)cc1C21CNC[C@H](N)O1. The molecule has 0 bridgehead atoms. The van der Waals surface area contributed by atoms with Gasteiger partial charge in [0.05, 0.1) is 6.61 Å². The van der Waals surface area contributed by atoms with Crippen molar-refractivity contribution in [3.63, 3.8) is 0 Å². The van der Waals surface area contributed by atoms with Crippen LogP contribution >= 0.6 is 0 Å². The van der Waals surface area contributed by atoms with Crippen LogP contribution in [0.15, 0.2) is 42.6 Å². The zero-order valence-electron chi connectivity index (χ0n) is 19.2. The number of hydrogen-bond donors (Lipinski definition) is 2. The zero-order valence-corrected chi connectivity index (χ0v) is 19.2. The third-order valence-electron chi connectivity index (χ3n) is 5.77. The third kappa shape index (κ3) is 4.00. The van der Waals surface area contributed by atoms with Gasteiger partial charge in [-0.05, 0) is 35.2 Å². The first kappa shape index (κ1) is 22.6. The van der Waals surface area contributed by atoms with E-state index in [1.54, 1.807) is 36.4 Å². The summed E-state index contributed by atoms with van der Waals surface area (Å²) in [5.41, 5.74) is 6.75. The molecule has 0 radical (unpaired) electrons. The van der Waals surface area contributed by atoms with Crippen molar-refractivity contribution < 1.29 is 23.0 Å². The molecule has 1 saturated heterocycles. The van der Waals surface area contributed by atoms with Crippen LogP contribution in [0.4, 0.5) is 8.78 Å². The second kappa shape index (κ2) is 8.26. The predicted molar refractivity (Wildman–Crippen MR) is 122 cm³/mol. The van der Waals surface area contributed by atoms with Crippen LogP contribution in [-0.4, -0.2) is 35.9 Å². The third-order valence-corrected chi connectivity index (χ3v) is 5.77. The maximum atomic E-state index is 15.2. The van der Waals surface area contributed by atoms with Crippen LogP contribution in [-0.2, 0) is 10.3 Å². The predicted octanol–water partition coefficient (Wildman–Crippen LogP) is 4.10. The van der Waals surface area contributed by atoms with Gasteiger partial charge in [-0.1, -0.05) is 26.8 Å². The minimum absolute atomic E-state index is 0.0492. The summed E-state index contributed by atoms with van der Waals surface area (Å²) in [6.45, 7) is 7.08. The average Bonchev–Trinajstić information content (AvgIpc) is 2.78. The number of nitrogens with two attached hydrogens (primary N) is 1. The van der Waals surface area contributed by atoms with Crippen LogP contribution in [0.1, 0.15) is 31.9 Å². The van der Waals surface area contributed by atoms with Crippen LogP contribution in [0.5, 0.6) is 17.4 Å². The van der Waals surface area contributed by atoms with E-state index >= 15 is 4.39 Å². The Bertz CT molecular complexity index is 1250. The summed E-state index contributed by atoms with van der Waals surface area (Å²) >= 11 is 0. The highest BCUT2D eigenvalue weighted by atomic mass is 19.1. The maximum absolute atomic E-state index is 15.2. The van der Waals surface area contributed by atoms with Gasteiger partial charge in [-0.3, -0.25) is 0 Å². The topological polar surface area (TPSA) is 91.5 Å². The molecule has 0 aliphatic carbocycles. The van der Waals surface area contributed by atoms with Gasteiger partial charge in [0.2, 0.25) is 11.8 Å². The number of rotatable bonds is 3. The van der Waals surface area contributed by atoms with E-state index in [1.807, 2.05) is 20.8 Å². The van der Waals surface area contributed by atoms with Crippen LogP contribution in [0.25, 0.3) is 11.1 Å². The molecule has 9 heteroatoms. The van der Waals surface area contributed by atoms with Crippen molar-refractivity contribution in [2.75, 3.05) is 19.7 Å². The minimum atomic E-state index is -1.20. The molecule has 4 heterocycles. The Balaban J connectivity index is 1.67. The van der Waals surface area contributed by atoms with Gasteiger partial charge in [-0.15, -0.1) is 0 Å². The number of fused-ring (bicyclic) bond motifs is 4. The van der Waals surface area contributed by atoms with Crippen molar-refractivity contribution in [1.29, 1.82) is 0 Å². The smallest absolute Gasteiger partial charge is 0.259 e. The molecule has 1 fully saturated rings. The number of halogens is 2. The molecule has 7 nitrogen and oxygen atoms in total. The van der Waals surface area contributed by atoms with Crippen molar-refractivity contribution in [3.8, 4) is 28.5 Å². The van der Waals surface area contributed by atoms with Crippen molar-refractivity contribution in [1.82, 2.24) is 15.3 Å². The Morgan fingerprint density at radius 1 is 1.18 bits per heavy atom. The number of nitrogens with one attached hydrogen (secondary N) is 1. The molecule has 34 heavy (non-hydrogen) atoms. The van der Waals surface area contributed by atoms with Gasteiger partial charge in [0, 0.05) is 42.0 Å². The molecule has 2 atom stereocenters. The van der Waals surface area contributed by atoms with Gasteiger partial charge in [-0.25, -0.2) is 4.98 Å². The lowest BCUT2D eigenvalue weighted by molar-refractivity contribution is -0.0975. The molecular formula is C25H26F2N4O3. The van der Waals surface area contributed by atoms with Gasteiger partial charge < -0.3 is 25.3 Å². The molecule has 1 aromatic carbocycles. The van der Waals surface area contributed by atoms with Gasteiger partial charge >= 0.3 is 0 Å². The number of benzene rings is 1. The molecule has 2 aromatic heterocycles. The average molecular weight is 469 g/mol. The van der Waals surface area contributed by atoms with E-state index in [2.05, 4.69) is 15.3 Å². The summed E-state index contributed by atoms with van der Waals surface area (Å²) in [6, 6.07) is 10.1. The van der Waals surface area contributed by atoms with E-state index in [-0.39, 0.29) is 17.0 Å². The lowest BCUT2D eigenvalue weighted by Gasteiger charge is -2.44. The maximum Gasteiger partial charge on any atom is 0.259 e. The van der Waals surface area contributed by atoms with Crippen molar-refractivity contribution >= 4 is 0 Å². The van der Waals surface area contributed by atoms with E-state index in [0.29, 0.717) is 47.7 Å². The van der Waals surface area contributed by atoms with Gasteiger partial charge in [-0.2, -0.15) is 13.8 Å². The summed E-state index contributed by atoms with van der Waals surface area (Å²) < 4.78 is 47.7. The first-order valence-electron chi connectivity index (χ1n) is 11.1. The molecule has 0 saturated carbocycles. The fraction of sp³-hybridized carbons (Fsp3) is 0.360. The summed E-state index contributed by atoms with van der Waals surface area (Å²) in [6.07, 6.45) is 0.724. The molecule has 178 valence electrons. The minimum Gasteiger partial charge on any atom is -0.477 e. The van der Waals surface area contributed by atoms with Crippen LogP contribution in [0, 0.1) is 17.3 Å². The molecule has 1 spiro atoms. The summed E-state index contributed by atoms with van der Waals surface area (Å²) in [5, 5.41) is 3.27. The van der Waals surface area contributed by atoms with Crippen molar-refractivity contribution in [2.24, 2.45) is 11.1 Å². The normalized spacial score (nSPS) is 21.5. The highest BCUT2D eigenvalue weighted by Crippen LogP contribution is 2.52. The van der Waals surface area contributed by atoms with Crippen LogP contribution in [0.2, 0.25) is 0 Å². The molecular weight excluding hydrogens is 442 g/mol. The van der Waals surface area contributed by atoms with Crippen molar-refractivity contribution in [2.45, 2.75) is 32.6 Å². The highest BCUT2D eigenvalue weighted by Gasteiger charge is 2.48. The van der Waals surface area contributed by atoms with Crippen molar-refractivity contribution in [3.05, 3.63) is 65.6 Å². The first-order chi connectivity index (χ1) is 16.2. The van der Waals surface area contributed by atoms with E-state index < -0.39 is 23.7 Å². The molecule has 3 N–H and O–H groups in total. The fourth-order valence-corrected chi connectivity index (χ4v) is 4.25. The number of aromatic nitrogens is 2. The molecule has 0 amide bonds. The molecule has 2 aliphatic heterocycles. The second-order valence-electron chi connectivity index (χ2n) is 9.75. The van der Waals surface area contributed by atoms with E-state index in [0.717, 1.165) is 0 Å². The summed E-state index contributed by atoms with van der Waals surface area (Å²) in [4.78, 5) is 7.70. The largest absolute Gasteiger partial charge is 0.477 e. The fourth-order valence-electron chi connectivity index (χ4n) is 4.25. The molecule has 2 aliphatic rings. The monoisotopic (exact) mass is 468 g/mol. The molecule has 3 aromatic rings. The summed E-state index contributed by atoms with van der Waals surface area (Å²) in [7, 11) is 0. The Kier molecular flexibility index (Phi) is 5.50. The molecule has 5 rings (SSSR count). The van der Waals surface area contributed by atoms with E-state index in [1.165, 1.54) is 6.20 Å². The standard InChI is InChI=1S/C25H26F2N4O3/c1-24(2,3)13-32-20-10-17-21(23(27)31-20)33-18-7-6-14(15-5-4-8-30-22(15)26)9-16(18)25(17)12-29-11-19(28)34-25/h4-10,19,29H,11-13,28H2,1-3H3/t19-,25?/m1/s1. The number of nitrogens with zero attached hydrogens (tertiary/aromatic N) is 2. The van der Waals surface area contributed by atoms with Gasteiger partial charge in [0.1, 0.15) is 17.6 Å². The van der Waals surface area contributed by atoms with E-state index in [9.17, 15) is 4.39 Å². The van der Waals surface area contributed by atoms with Crippen LogP contribution < -0.4 is 20.5 Å². The zero-order chi connectivity index (χ0) is 24.1. The Labute approximate surface area is 196 Å². The van der Waals surface area contributed by atoms with Crippen LogP contribution in [0.3, 0.4) is 0 Å². The number of morpholine rings is 1. The van der Waals surface area contributed by atoms with E-state index in [4.69, 9.17) is 19.9 Å². The Morgan fingerprint density at radius 2 is 2.00 bits per heavy atom. The lowest BCUT2D eigenvalue weighted by atomic mass is 9.81. The first-order valence-corrected chi connectivity index (χ1v) is 11.1. The van der Waals surface area contributed by atoms with Gasteiger partial charge in [0.15, 0.2) is 5.75 Å².